The van der Waals surface area contributed by atoms with E-state index in [0.717, 1.165) is 134 Å². The van der Waals surface area contributed by atoms with Crippen molar-refractivity contribution < 1.29 is 40.1 Å². The summed E-state index contributed by atoms with van der Waals surface area (Å²) in [6.45, 7) is 53.0. The van der Waals surface area contributed by atoms with Crippen molar-refractivity contribution in [2.45, 2.75) is 261 Å². The molecule has 0 heterocycles. The van der Waals surface area contributed by atoms with Crippen LogP contribution in [0.1, 0.15) is 300 Å². The smallest absolute Gasteiger partial charge is 0.126 e. The molecule has 16 bridgehead atoms. The SMILES string of the molecule is CC(C)(C)c1cc2c(O)c(c1)Cc1cc(C(C)(C)C)cc(c1O)Cc1cc(C(C)(C)C)cc(c1OC/C=C\COc1c3cc(C(C)(C)C)cc1Cc1cc(C(C)(C)C)cc(c1O)Cc1cc(C(C)(C)C)cc(c1O)Cc1cc(C(C)(C)C)cc(c1O)C3)Cc1cc(C(C)(C)C)cc(c1O)C2. The summed E-state index contributed by atoms with van der Waals surface area (Å²) >= 11 is 0. The quantitative estimate of drug-likeness (QED) is 0.0905. The molecule has 10 rings (SSSR count). The average molecular weight is 1350 g/mol. The van der Waals surface area contributed by atoms with Crippen molar-refractivity contribution in [1.29, 1.82) is 0 Å². The first-order valence-corrected chi connectivity index (χ1v) is 36.4. The van der Waals surface area contributed by atoms with E-state index < -0.39 is 0 Å². The van der Waals surface area contributed by atoms with Crippen LogP contribution in [0.15, 0.2) is 109 Å². The number of phenolic OH excluding ortho intramolecular Hbond substituents is 6. The summed E-state index contributed by atoms with van der Waals surface area (Å²) in [5, 5.41) is 75.8. The second kappa shape index (κ2) is 26.7. The molecule has 8 aromatic carbocycles. The fourth-order valence-electron chi connectivity index (χ4n) is 14.1. The lowest BCUT2D eigenvalue weighted by atomic mass is 9.79. The normalized spacial score (nSPS) is 14.4. The van der Waals surface area contributed by atoms with E-state index in [1.165, 1.54) is 0 Å². The van der Waals surface area contributed by atoms with Gasteiger partial charge in [-0.1, -0.05) is 263 Å². The second-order valence-electron chi connectivity index (χ2n) is 37.6. The van der Waals surface area contributed by atoms with Crippen LogP contribution in [-0.2, 0) is 94.7 Å². The van der Waals surface area contributed by atoms with E-state index in [9.17, 15) is 30.6 Å². The van der Waals surface area contributed by atoms with Crippen molar-refractivity contribution >= 4 is 0 Å². The highest BCUT2D eigenvalue weighted by Crippen LogP contribution is 2.47. The zero-order valence-electron chi connectivity index (χ0n) is 65.0. The summed E-state index contributed by atoms with van der Waals surface area (Å²) in [6.07, 6.45) is 6.54. The van der Waals surface area contributed by atoms with Gasteiger partial charge in [0.15, 0.2) is 0 Å². The maximum atomic E-state index is 12.8. The maximum absolute atomic E-state index is 12.8. The van der Waals surface area contributed by atoms with Gasteiger partial charge in [-0.15, -0.1) is 0 Å². The molecule has 0 amide bonds. The van der Waals surface area contributed by atoms with E-state index >= 15 is 0 Å². The molecule has 0 atom stereocenters. The number of phenols is 6. The Hall–Kier alpha value is -8.10. The van der Waals surface area contributed by atoms with E-state index in [0.29, 0.717) is 62.9 Å². The Morgan fingerprint density at radius 3 is 0.440 bits per heavy atom. The van der Waals surface area contributed by atoms with E-state index in [1.807, 2.05) is 12.2 Å². The topological polar surface area (TPSA) is 140 Å². The van der Waals surface area contributed by atoms with Crippen LogP contribution < -0.4 is 9.47 Å². The van der Waals surface area contributed by atoms with Crippen molar-refractivity contribution in [3.8, 4) is 46.0 Å². The lowest BCUT2D eigenvalue weighted by Gasteiger charge is -2.27. The van der Waals surface area contributed by atoms with Gasteiger partial charge in [0.05, 0.1) is 0 Å². The van der Waals surface area contributed by atoms with Gasteiger partial charge in [-0.25, -0.2) is 0 Å². The number of ether oxygens (including phenoxy) is 2. The van der Waals surface area contributed by atoms with Crippen molar-refractivity contribution in [3.05, 3.63) is 243 Å². The van der Waals surface area contributed by atoms with Gasteiger partial charge in [0.2, 0.25) is 0 Å². The van der Waals surface area contributed by atoms with Crippen LogP contribution in [-0.4, -0.2) is 43.9 Å². The highest BCUT2D eigenvalue weighted by molar-refractivity contribution is 5.62. The van der Waals surface area contributed by atoms with Crippen LogP contribution in [0.4, 0.5) is 0 Å². The van der Waals surface area contributed by atoms with E-state index in [4.69, 9.17) is 9.47 Å². The predicted octanol–water partition coefficient (Wildman–Crippen LogP) is 21.7. The van der Waals surface area contributed by atoms with Gasteiger partial charge in [-0.2, -0.15) is 0 Å². The summed E-state index contributed by atoms with van der Waals surface area (Å²) in [4.78, 5) is 0. The minimum Gasteiger partial charge on any atom is -0.507 e. The fourth-order valence-corrected chi connectivity index (χ4v) is 14.1. The predicted molar refractivity (Wildman–Crippen MR) is 414 cm³/mol. The third-order valence-electron chi connectivity index (χ3n) is 20.9. The number of fused-ring (bicyclic) bond motifs is 16. The number of hydrogen-bond donors (Lipinski definition) is 6. The zero-order chi connectivity index (χ0) is 73.7. The van der Waals surface area contributed by atoms with Crippen LogP contribution in [0, 0.1) is 0 Å². The van der Waals surface area contributed by atoms with Crippen molar-refractivity contribution in [2.24, 2.45) is 0 Å². The molecule has 532 valence electrons. The van der Waals surface area contributed by atoms with Crippen LogP contribution in [0.3, 0.4) is 0 Å². The Kier molecular flexibility index (Phi) is 19.9. The summed E-state index contributed by atoms with van der Waals surface area (Å²) in [5.74, 6) is 2.46. The summed E-state index contributed by atoms with van der Waals surface area (Å²) < 4.78 is 14.4. The van der Waals surface area contributed by atoms with Crippen LogP contribution in [0.5, 0.6) is 46.0 Å². The second-order valence-corrected chi connectivity index (χ2v) is 37.6. The van der Waals surface area contributed by atoms with Gasteiger partial charge < -0.3 is 40.1 Å². The molecular formula is C92H116O8. The molecule has 2 aliphatic carbocycles. The lowest BCUT2D eigenvalue weighted by Crippen LogP contribution is -2.16. The summed E-state index contributed by atoms with van der Waals surface area (Å²) in [5.41, 5.74) is 18.8. The Balaban J connectivity index is 1.11. The molecule has 0 radical (unpaired) electrons. The molecule has 0 aromatic heterocycles. The number of hydrogen-bond acceptors (Lipinski definition) is 8. The monoisotopic (exact) mass is 1350 g/mol. The average Bonchev–Trinajstić information content (AvgIpc) is 0.770. The third-order valence-corrected chi connectivity index (χ3v) is 20.9. The first-order valence-electron chi connectivity index (χ1n) is 36.4. The highest BCUT2D eigenvalue weighted by atomic mass is 16.5. The summed E-state index contributed by atoms with van der Waals surface area (Å²) in [6, 6.07) is 34.2. The molecule has 0 saturated carbocycles. The third kappa shape index (κ3) is 16.3. The molecule has 6 N–H and O–H groups in total. The number of rotatable bonds is 6. The highest BCUT2D eigenvalue weighted by Gasteiger charge is 2.32. The number of benzene rings is 8. The lowest BCUT2D eigenvalue weighted by molar-refractivity contribution is 0.343. The Bertz CT molecular complexity index is 3970. The first kappa shape index (κ1) is 74.6. The maximum Gasteiger partial charge on any atom is 0.126 e. The van der Waals surface area contributed by atoms with E-state index in [2.05, 4.69) is 263 Å². The molecule has 2 aliphatic rings. The molecule has 0 spiro atoms. The summed E-state index contributed by atoms with van der Waals surface area (Å²) in [7, 11) is 0. The molecule has 8 aromatic rings. The molecule has 0 aliphatic heterocycles. The Labute approximate surface area is 599 Å². The first-order chi connectivity index (χ1) is 46.0. The standard InChI is InChI=1S/C92H116O8/c1-85(2,3)69-37-53-29-57-41-71(87(7,8)9)45-61(79(57)95)33-65-49-75(91(19,20)21)50-66(34-62-46-72(88(10,11)12)42-58(80(62)96)30-54(38-69)77(53)93)83(65)99-27-25-26-28-100-84-67-35-63-47-73(89(13,14)15)43-59(81(63)97)31-55-39-70(86(4,5)6)40-56(78(55)94)32-60-44-74(90(16,17)18)48-64(82(60)98)36-68(84)52-76(51-67)92(22,23)24/h25-26,37-52,93-98H,27-36H2,1-24H3/b26-25-. The van der Waals surface area contributed by atoms with E-state index in [-0.39, 0.29) is 91.0 Å². The fraction of sp³-hybridized carbons (Fsp3) is 0.457. The Morgan fingerprint density at radius 2 is 0.320 bits per heavy atom. The van der Waals surface area contributed by atoms with E-state index in [1.54, 1.807) is 0 Å². The zero-order valence-corrected chi connectivity index (χ0v) is 65.0. The van der Waals surface area contributed by atoms with Crippen LogP contribution in [0.25, 0.3) is 0 Å². The minimum atomic E-state index is -0.289. The Morgan fingerprint density at radius 1 is 0.210 bits per heavy atom. The number of aromatic hydroxyl groups is 6. The van der Waals surface area contributed by atoms with Gasteiger partial charge in [-0.3, -0.25) is 0 Å². The molecule has 0 unspecified atom stereocenters. The minimum absolute atomic E-state index is 0.171. The largest absolute Gasteiger partial charge is 0.507 e. The molecule has 0 saturated heterocycles. The van der Waals surface area contributed by atoms with Crippen molar-refractivity contribution in [1.82, 2.24) is 0 Å². The molecule has 100 heavy (non-hydrogen) atoms. The van der Waals surface area contributed by atoms with Gasteiger partial charge in [-0.05, 0) is 189 Å². The van der Waals surface area contributed by atoms with Crippen LogP contribution >= 0.6 is 0 Å². The van der Waals surface area contributed by atoms with Gasteiger partial charge in [0, 0.05) is 51.4 Å². The van der Waals surface area contributed by atoms with Crippen molar-refractivity contribution in [2.75, 3.05) is 13.2 Å². The molecule has 8 heteroatoms. The molecule has 0 fully saturated rings. The van der Waals surface area contributed by atoms with Gasteiger partial charge in [0.25, 0.3) is 0 Å². The molecular weight excluding hydrogens is 1230 g/mol. The van der Waals surface area contributed by atoms with Gasteiger partial charge >= 0.3 is 0 Å². The van der Waals surface area contributed by atoms with Gasteiger partial charge in [0.1, 0.15) is 59.2 Å². The van der Waals surface area contributed by atoms with Crippen LogP contribution in [0.2, 0.25) is 0 Å². The molecule has 8 nitrogen and oxygen atoms in total. The van der Waals surface area contributed by atoms with Crippen molar-refractivity contribution in [3.63, 3.8) is 0 Å².